The highest BCUT2D eigenvalue weighted by atomic mass is 35.5. The van der Waals surface area contributed by atoms with Crippen LogP contribution in [0.5, 0.6) is 5.75 Å². The maximum Gasteiger partial charge on any atom is 0.232 e. The van der Waals surface area contributed by atoms with Gasteiger partial charge in [-0.3, -0.25) is 9.69 Å². The van der Waals surface area contributed by atoms with Crippen LogP contribution in [0.1, 0.15) is 31.7 Å². The zero-order valence-corrected chi connectivity index (χ0v) is 18.5. The van der Waals surface area contributed by atoms with Crippen LogP contribution in [0.4, 0.5) is 11.4 Å². The SMILES string of the molecule is COc1ccc(Nc2cccc([C@]3(C)CC(=O)N(C4CCOCC4)C(N)=N3)c2Cl)cc1. The number of nitrogens with one attached hydrogen (secondary N) is 1. The molecule has 2 heterocycles. The third-order valence-electron chi connectivity index (χ3n) is 5.88. The number of ether oxygens (including phenoxy) is 2. The van der Waals surface area contributed by atoms with Crippen LogP contribution in [0.15, 0.2) is 47.5 Å². The summed E-state index contributed by atoms with van der Waals surface area (Å²) in [5, 5.41) is 3.84. The van der Waals surface area contributed by atoms with Crippen LogP contribution < -0.4 is 15.8 Å². The summed E-state index contributed by atoms with van der Waals surface area (Å²) in [6.45, 7) is 3.16. The van der Waals surface area contributed by atoms with Gasteiger partial charge < -0.3 is 20.5 Å². The molecule has 8 heteroatoms. The molecule has 4 rings (SSSR count). The Morgan fingerprint density at radius 2 is 1.94 bits per heavy atom. The van der Waals surface area contributed by atoms with E-state index in [9.17, 15) is 4.79 Å². The van der Waals surface area contributed by atoms with E-state index in [1.165, 1.54) is 0 Å². The number of amides is 1. The second-order valence-corrected chi connectivity index (χ2v) is 8.43. The molecule has 1 saturated heterocycles. The van der Waals surface area contributed by atoms with Gasteiger partial charge in [-0.05, 0) is 50.1 Å². The number of carbonyl (C=O) groups is 1. The number of guanidine groups is 1. The fraction of sp³-hybridized carbons (Fsp3) is 0.391. The highest BCUT2D eigenvalue weighted by molar-refractivity contribution is 6.34. The Labute approximate surface area is 187 Å². The Hall–Kier alpha value is -2.77. The number of hydrogen-bond acceptors (Lipinski definition) is 6. The molecule has 0 unspecified atom stereocenters. The van der Waals surface area contributed by atoms with Crippen molar-refractivity contribution < 1.29 is 14.3 Å². The van der Waals surface area contributed by atoms with Crippen molar-refractivity contribution in [2.75, 3.05) is 25.6 Å². The zero-order chi connectivity index (χ0) is 22.0. The summed E-state index contributed by atoms with van der Waals surface area (Å²) in [5.41, 5.74) is 7.83. The lowest BCUT2D eigenvalue weighted by Gasteiger charge is -2.40. The molecule has 0 bridgehead atoms. The molecule has 7 nitrogen and oxygen atoms in total. The molecule has 2 aliphatic rings. The molecule has 2 aliphatic heterocycles. The molecule has 0 spiro atoms. The predicted octanol–water partition coefficient (Wildman–Crippen LogP) is 4.03. The number of methoxy groups -OCH3 is 1. The Bertz CT molecular complexity index is 989. The smallest absolute Gasteiger partial charge is 0.232 e. The Balaban J connectivity index is 1.62. The van der Waals surface area contributed by atoms with Crippen molar-refractivity contribution in [2.45, 2.75) is 37.8 Å². The van der Waals surface area contributed by atoms with Crippen molar-refractivity contribution >= 4 is 34.8 Å². The van der Waals surface area contributed by atoms with Crippen LogP contribution >= 0.6 is 11.6 Å². The number of aliphatic imine (C=N–C) groups is 1. The van der Waals surface area contributed by atoms with Gasteiger partial charge in [0.25, 0.3) is 0 Å². The van der Waals surface area contributed by atoms with Gasteiger partial charge in [-0.15, -0.1) is 0 Å². The topological polar surface area (TPSA) is 89.2 Å². The van der Waals surface area contributed by atoms with E-state index in [1.54, 1.807) is 12.0 Å². The first-order valence-electron chi connectivity index (χ1n) is 10.4. The first-order valence-corrected chi connectivity index (χ1v) is 10.7. The van der Waals surface area contributed by atoms with Crippen molar-refractivity contribution in [3.63, 3.8) is 0 Å². The predicted molar refractivity (Wildman–Crippen MR) is 122 cm³/mol. The van der Waals surface area contributed by atoms with Crippen molar-refractivity contribution in [1.82, 2.24) is 4.90 Å². The number of nitrogens with two attached hydrogens (primary N) is 1. The number of carbonyl (C=O) groups excluding carboxylic acids is 1. The number of hydrogen-bond donors (Lipinski definition) is 2. The third kappa shape index (κ3) is 4.34. The minimum atomic E-state index is -0.836. The molecule has 1 atom stereocenters. The van der Waals surface area contributed by atoms with Crippen LogP contribution in [0.2, 0.25) is 5.02 Å². The molecular weight excluding hydrogens is 416 g/mol. The number of anilines is 2. The number of nitrogens with zero attached hydrogens (tertiary/aromatic N) is 2. The average molecular weight is 443 g/mol. The second-order valence-electron chi connectivity index (χ2n) is 8.05. The van der Waals surface area contributed by atoms with E-state index in [0.29, 0.717) is 18.2 Å². The first kappa shape index (κ1) is 21.5. The summed E-state index contributed by atoms with van der Waals surface area (Å²) >= 11 is 6.78. The summed E-state index contributed by atoms with van der Waals surface area (Å²) in [6.07, 6.45) is 1.73. The molecule has 31 heavy (non-hydrogen) atoms. The monoisotopic (exact) mass is 442 g/mol. The second kappa shape index (κ2) is 8.77. The van der Waals surface area contributed by atoms with Crippen molar-refractivity contribution in [2.24, 2.45) is 10.7 Å². The first-order chi connectivity index (χ1) is 14.9. The van der Waals surface area contributed by atoms with E-state index >= 15 is 0 Å². The van der Waals surface area contributed by atoms with Gasteiger partial charge >= 0.3 is 0 Å². The van der Waals surface area contributed by atoms with Gasteiger partial charge in [0.15, 0.2) is 5.96 Å². The van der Waals surface area contributed by atoms with Crippen molar-refractivity contribution in [1.29, 1.82) is 0 Å². The van der Waals surface area contributed by atoms with Crippen LogP contribution in [0, 0.1) is 0 Å². The Morgan fingerprint density at radius 3 is 2.58 bits per heavy atom. The van der Waals surface area contributed by atoms with E-state index in [1.807, 2.05) is 49.4 Å². The van der Waals surface area contributed by atoms with Gasteiger partial charge in [-0.25, -0.2) is 4.99 Å². The average Bonchev–Trinajstić information content (AvgIpc) is 2.76. The lowest BCUT2D eigenvalue weighted by atomic mass is 9.86. The van der Waals surface area contributed by atoms with E-state index in [2.05, 4.69) is 5.32 Å². The molecule has 0 aliphatic carbocycles. The van der Waals surface area contributed by atoms with Crippen molar-refractivity contribution in [3.8, 4) is 5.75 Å². The Kier molecular flexibility index (Phi) is 6.07. The van der Waals surface area contributed by atoms with Gasteiger partial charge in [0.2, 0.25) is 5.91 Å². The van der Waals surface area contributed by atoms with Gasteiger partial charge in [-0.2, -0.15) is 0 Å². The third-order valence-corrected chi connectivity index (χ3v) is 6.28. The molecule has 1 amide bonds. The molecule has 0 radical (unpaired) electrons. The summed E-state index contributed by atoms with van der Waals surface area (Å²) < 4.78 is 10.6. The molecule has 0 aromatic heterocycles. The molecule has 0 saturated carbocycles. The number of rotatable bonds is 5. The minimum absolute atomic E-state index is 0.0353. The molecule has 3 N–H and O–H groups in total. The highest BCUT2D eigenvalue weighted by Gasteiger charge is 2.41. The van der Waals surface area contributed by atoms with Crippen LogP contribution in [0.25, 0.3) is 0 Å². The maximum atomic E-state index is 13.1. The highest BCUT2D eigenvalue weighted by Crippen LogP contribution is 2.41. The fourth-order valence-electron chi connectivity index (χ4n) is 4.22. The van der Waals surface area contributed by atoms with Crippen LogP contribution in [-0.2, 0) is 15.1 Å². The molecular formula is C23H27ClN4O3. The van der Waals surface area contributed by atoms with Gasteiger partial charge in [0, 0.05) is 30.5 Å². The summed E-state index contributed by atoms with van der Waals surface area (Å²) in [5.74, 6) is 0.985. The molecule has 2 aromatic carbocycles. The van der Waals surface area contributed by atoms with E-state index in [4.69, 9.17) is 31.8 Å². The zero-order valence-electron chi connectivity index (χ0n) is 17.7. The maximum absolute atomic E-state index is 13.1. The molecule has 164 valence electrons. The quantitative estimate of drug-likeness (QED) is 0.729. The summed E-state index contributed by atoms with van der Waals surface area (Å²) in [6, 6.07) is 13.3. The number of benzene rings is 2. The lowest BCUT2D eigenvalue weighted by molar-refractivity contribution is -0.132. The normalized spacial score (nSPS) is 22.2. The van der Waals surface area contributed by atoms with Gasteiger partial charge in [0.05, 0.1) is 29.8 Å². The van der Waals surface area contributed by atoms with Gasteiger partial charge in [0.1, 0.15) is 5.75 Å². The molecule has 2 aromatic rings. The lowest BCUT2D eigenvalue weighted by Crippen LogP contribution is -2.55. The fourth-order valence-corrected chi connectivity index (χ4v) is 4.59. The van der Waals surface area contributed by atoms with Crippen LogP contribution in [-0.4, -0.2) is 43.1 Å². The van der Waals surface area contributed by atoms with E-state index in [-0.39, 0.29) is 24.3 Å². The summed E-state index contributed by atoms with van der Waals surface area (Å²) in [7, 11) is 1.63. The number of halogens is 1. The molecule has 1 fully saturated rings. The summed E-state index contributed by atoms with van der Waals surface area (Å²) in [4.78, 5) is 19.5. The largest absolute Gasteiger partial charge is 0.497 e. The van der Waals surface area contributed by atoms with E-state index < -0.39 is 5.54 Å². The minimum Gasteiger partial charge on any atom is -0.497 e. The van der Waals surface area contributed by atoms with E-state index in [0.717, 1.165) is 35.5 Å². The Morgan fingerprint density at radius 1 is 1.23 bits per heavy atom. The standard InChI is InChI=1S/C23H27ClN4O3/c1-23(14-20(29)28(22(25)27-23)16-10-12-31-13-11-16)18-4-3-5-19(21(18)24)26-15-6-8-17(30-2)9-7-15/h3-9,16,26H,10-14H2,1-2H3,(H2,25,27)/t23-/m0/s1. The van der Waals surface area contributed by atoms with Gasteiger partial charge in [-0.1, -0.05) is 23.7 Å². The van der Waals surface area contributed by atoms with Crippen molar-refractivity contribution in [3.05, 3.63) is 53.1 Å². The van der Waals surface area contributed by atoms with Crippen LogP contribution in [0.3, 0.4) is 0 Å².